The van der Waals surface area contributed by atoms with Gasteiger partial charge in [-0.05, 0) is 11.5 Å². The number of hydrogen-bond acceptors (Lipinski definition) is 6. The van der Waals surface area contributed by atoms with Crippen LogP contribution >= 0.6 is 11.5 Å². The van der Waals surface area contributed by atoms with E-state index in [1.807, 2.05) is 11.0 Å². The summed E-state index contributed by atoms with van der Waals surface area (Å²) in [5.41, 5.74) is 5.91. The van der Waals surface area contributed by atoms with Gasteiger partial charge in [0.25, 0.3) is 0 Å². The molecule has 0 unspecified atom stereocenters. The van der Waals surface area contributed by atoms with E-state index in [4.69, 9.17) is 11.0 Å². The topological polar surface area (TPSA) is 95.0 Å². The number of nitriles is 1. The van der Waals surface area contributed by atoms with E-state index in [9.17, 15) is 4.79 Å². The molecule has 0 aliphatic carbocycles. The van der Waals surface area contributed by atoms with Crippen molar-refractivity contribution in [2.75, 3.05) is 30.3 Å². The highest BCUT2D eigenvalue weighted by Crippen LogP contribution is 2.29. The van der Waals surface area contributed by atoms with Gasteiger partial charge in [0.1, 0.15) is 16.6 Å². The molecule has 0 aromatic carbocycles. The Morgan fingerprint density at radius 1 is 1.67 bits per heavy atom. The fourth-order valence-corrected chi connectivity index (χ4v) is 2.22. The van der Waals surface area contributed by atoms with Gasteiger partial charge in [-0.25, -0.2) is 0 Å². The minimum absolute atomic E-state index is 0.0443. The quantitative estimate of drug-likeness (QED) is 0.671. The standard InChI is InChI=1S/C8H9N5OS/c9-3-5-7(10)12-15-8(5)13-2-1-11-6(14)4-13/h1-2,4H2,(H2,10,12)(H,11,14). The highest BCUT2D eigenvalue weighted by Gasteiger charge is 2.22. The molecule has 1 fully saturated rings. The molecule has 1 saturated heterocycles. The van der Waals surface area contributed by atoms with E-state index in [-0.39, 0.29) is 18.3 Å². The second-order valence-corrected chi connectivity index (χ2v) is 3.88. The molecule has 1 amide bonds. The zero-order valence-electron chi connectivity index (χ0n) is 7.86. The minimum Gasteiger partial charge on any atom is -0.382 e. The Bertz CT molecular complexity index is 435. The zero-order valence-corrected chi connectivity index (χ0v) is 8.67. The third-order valence-electron chi connectivity index (χ3n) is 2.14. The van der Waals surface area contributed by atoms with Gasteiger partial charge in [0.05, 0.1) is 6.54 Å². The summed E-state index contributed by atoms with van der Waals surface area (Å²) in [7, 11) is 0. The van der Waals surface area contributed by atoms with Crippen molar-refractivity contribution in [3.63, 3.8) is 0 Å². The minimum atomic E-state index is -0.0443. The first-order valence-electron chi connectivity index (χ1n) is 4.39. The van der Waals surface area contributed by atoms with E-state index in [1.54, 1.807) is 0 Å². The smallest absolute Gasteiger partial charge is 0.239 e. The van der Waals surface area contributed by atoms with Crippen LogP contribution in [0.2, 0.25) is 0 Å². The van der Waals surface area contributed by atoms with Gasteiger partial charge in [-0.3, -0.25) is 4.79 Å². The lowest BCUT2D eigenvalue weighted by Gasteiger charge is -2.26. The van der Waals surface area contributed by atoms with Crippen LogP contribution in [0.3, 0.4) is 0 Å². The number of hydrogen-bond donors (Lipinski definition) is 2. The molecule has 0 bridgehead atoms. The molecule has 1 aromatic heterocycles. The van der Waals surface area contributed by atoms with Gasteiger partial charge in [0.15, 0.2) is 5.82 Å². The Labute approximate surface area is 90.5 Å². The molecule has 78 valence electrons. The molecule has 6 nitrogen and oxygen atoms in total. The van der Waals surface area contributed by atoms with Gasteiger partial charge in [-0.15, -0.1) is 0 Å². The number of rotatable bonds is 1. The van der Waals surface area contributed by atoms with Gasteiger partial charge in [-0.1, -0.05) is 0 Å². The van der Waals surface area contributed by atoms with E-state index >= 15 is 0 Å². The van der Waals surface area contributed by atoms with Crippen LogP contribution in [0, 0.1) is 11.3 Å². The average molecular weight is 223 g/mol. The number of amides is 1. The van der Waals surface area contributed by atoms with E-state index in [1.165, 1.54) is 0 Å². The summed E-state index contributed by atoms with van der Waals surface area (Å²) in [6, 6.07) is 2.01. The van der Waals surface area contributed by atoms with Crippen molar-refractivity contribution in [2.45, 2.75) is 0 Å². The van der Waals surface area contributed by atoms with Crippen LogP contribution in [0.25, 0.3) is 0 Å². The van der Waals surface area contributed by atoms with E-state index in [0.29, 0.717) is 23.7 Å². The highest BCUT2D eigenvalue weighted by atomic mass is 32.1. The van der Waals surface area contributed by atoms with Gasteiger partial charge >= 0.3 is 0 Å². The van der Waals surface area contributed by atoms with Gasteiger partial charge in [-0.2, -0.15) is 9.64 Å². The van der Waals surface area contributed by atoms with Crippen molar-refractivity contribution in [1.82, 2.24) is 9.69 Å². The zero-order chi connectivity index (χ0) is 10.8. The second kappa shape index (κ2) is 3.74. The molecular formula is C8H9N5OS. The summed E-state index contributed by atoms with van der Waals surface area (Å²) < 4.78 is 3.91. The van der Waals surface area contributed by atoms with E-state index in [2.05, 4.69) is 9.69 Å². The first kappa shape index (κ1) is 9.73. The lowest BCUT2D eigenvalue weighted by molar-refractivity contribution is -0.120. The number of aromatic nitrogens is 1. The number of nitrogen functional groups attached to an aromatic ring is 1. The molecule has 0 spiro atoms. The number of nitrogens with zero attached hydrogens (tertiary/aromatic N) is 3. The van der Waals surface area contributed by atoms with Crippen LogP contribution in [0.5, 0.6) is 0 Å². The molecule has 3 N–H and O–H groups in total. The largest absolute Gasteiger partial charge is 0.382 e. The monoisotopic (exact) mass is 223 g/mol. The van der Waals surface area contributed by atoms with Gasteiger partial charge in [0, 0.05) is 13.1 Å². The lowest BCUT2D eigenvalue weighted by Crippen LogP contribution is -2.47. The third-order valence-corrected chi connectivity index (χ3v) is 3.06. The van der Waals surface area contributed by atoms with E-state index < -0.39 is 0 Å². The number of carbonyl (C=O) groups excluding carboxylic acids is 1. The SMILES string of the molecule is N#Cc1c(N)nsc1N1CCNC(=O)C1. The second-order valence-electron chi connectivity index (χ2n) is 3.13. The van der Waals surface area contributed by atoms with Crippen molar-refractivity contribution in [1.29, 1.82) is 5.26 Å². The molecular weight excluding hydrogens is 214 g/mol. The van der Waals surface area contributed by atoms with Crippen molar-refractivity contribution < 1.29 is 4.79 Å². The summed E-state index contributed by atoms with van der Waals surface area (Å²) in [5.74, 6) is 0.195. The summed E-state index contributed by atoms with van der Waals surface area (Å²) in [5, 5.41) is 12.3. The average Bonchev–Trinajstić information content (AvgIpc) is 2.59. The van der Waals surface area contributed by atoms with Crippen LogP contribution in [-0.2, 0) is 4.79 Å². The molecule has 1 aliphatic rings. The van der Waals surface area contributed by atoms with E-state index in [0.717, 1.165) is 11.5 Å². The molecule has 1 aliphatic heterocycles. The number of nitrogens with one attached hydrogen (secondary N) is 1. The Morgan fingerprint density at radius 3 is 3.13 bits per heavy atom. The van der Waals surface area contributed by atoms with Crippen LogP contribution in [0.15, 0.2) is 0 Å². The molecule has 7 heteroatoms. The molecule has 2 heterocycles. The summed E-state index contributed by atoms with van der Waals surface area (Å²) in [4.78, 5) is 13.0. The number of piperazine rings is 1. The fraction of sp³-hybridized carbons (Fsp3) is 0.375. The Kier molecular flexibility index (Phi) is 2.43. The third kappa shape index (κ3) is 1.71. The molecule has 1 aromatic rings. The van der Waals surface area contributed by atoms with Crippen LogP contribution in [0.4, 0.5) is 10.8 Å². The molecule has 0 radical (unpaired) electrons. The van der Waals surface area contributed by atoms with Crippen molar-refractivity contribution in [3.8, 4) is 6.07 Å². The molecule has 15 heavy (non-hydrogen) atoms. The summed E-state index contributed by atoms with van der Waals surface area (Å²) in [6.45, 7) is 1.53. The molecule has 0 atom stereocenters. The lowest BCUT2D eigenvalue weighted by atomic mass is 10.3. The van der Waals surface area contributed by atoms with Gasteiger partial charge in [0.2, 0.25) is 5.91 Å². The predicted octanol–water partition coefficient (Wildman–Crippen LogP) is -0.467. The first-order valence-corrected chi connectivity index (χ1v) is 5.16. The van der Waals surface area contributed by atoms with Gasteiger partial charge < -0.3 is 16.0 Å². The van der Waals surface area contributed by atoms with Crippen molar-refractivity contribution in [3.05, 3.63) is 5.56 Å². The maximum Gasteiger partial charge on any atom is 0.239 e. The van der Waals surface area contributed by atoms with Crippen molar-refractivity contribution in [2.24, 2.45) is 0 Å². The van der Waals surface area contributed by atoms with Crippen molar-refractivity contribution >= 4 is 28.3 Å². The number of nitrogens with two attached hydrogens (primary N) is 1. The predicted molar refractivity (Wildman–Crippen MR) is 56.5 cm³/mol. The maximum atomic E-state index is 11.2. The molecule has 0 saturated carbocycles. The highest BCUT2D eigenvalue weighted by molar-refractivity contribution is 7.10. The fourth-order valence-electron chi connectivity index (χ4n) is 1.43. The van der Waals surface area contributed by atoms with Crippen LogP contribution < -0.4 is 16.0 Å². The summed E-state index contributed by atoms with van der Waals surface area (Å²) >= 11 is 1.16. The Hall–Kier alpha value is -1.81. The van der Waals surface area contributed by atoms with Crippen LogP contribution in [0.1, 0.15) is 5.56 Å². The first-order chi connectivity index (χ1) is 7.22. The summed E-state index contributed by atoms with van der Waals surface area (Å²) in [6.07, 6.45) is 0. The normalized spacial score (nSPS) is 15.9. The molecule has 2 rings (SSSR count). The number of carbonyl (C=O) groups is 1. The Balaban J connectivity index is 2.29. The van der Waals surface area contributed by atoms with Crippen LogP contribution in [-0.4, -0.2) is 29.9 Å². The number of anilines is 2. The maximum absolute atomic E-state index is 11.2. The Morgan fingerprint density at radius 2 is 2.47 bits per heavy atom.